The summed E-state index contributed by atoms with van der Waals surface area (Å²) in [5.74, 6) is -0.404. The Hall–Kier alpha value is -4.84. The fraction of sp³-hybridized carbons (Fsp3) is 0.525. The SMILES string of the molecule is CC(c1cc(Cl)cc(Cl)c1)N1CCC(C)(COc2cc(F)c(C(=O)N3CCC(F)C3)cc2C2CC2)CC1.CC1(COc2cc(F)c(C(=O)N3CCC(F)C3)cc2C2CC2)CCN(Cc2cc(Cl)cc(Cl)c2)CC1.O=CO.O=CO. The third-order valence-corrected chi connectivity index (χ3v) is 16.9. The Balaban J connectivity index is 0.000000208. The Kier molecular flexibility index (Phi) is 21.7. The number of carboxylic acid groups (broad SMARTS) is 2. The van der Waals surface area contributed by atoms with E-state index in [9.17, 15) is 18.4 Å². The lowest BCUT2D eigenvalue weighted by atomic mass is 9.80. The molecule has 4 aliphatic heterocycles. The van der Waals surface area contributed by atoms with Gasteiger partial charge in [0.15, 0.2) is 0 Å². The molecule has 4 aromatic carbocycles. The minimum Gasteiger partial charge on any atom is -0.493 e. The fourth-order valence-electron chi connectivity index (χ4n) is 10.8. The quantitative estimate of drug-likeness (QED) is 0.0926. The second-order valence-corrected chi connectivity index (χ2v) is 24.2. The van der Waals surface area contributed by atoms with E-state index in [-0.39, 0.29) is 60.0 Å². The van der Waals surface area contributed by atoms with Crippen molar-refractivity contribution < 1.29 is 56.4 Å². The molecule has 0 bridgehead atoms. The number of halogens is 8. The number of benzene rings is 4. The molecule has 0 spiro atoms. The van der Waals surface area contributed by atoms with Crippen LogP contribution in [0.4, 0.5) is 17.6 Å². The van der Waals surface area contributed by atoms with E-state index in [4.69, 9.17) is 75.7 Å². The molecule has 0 radical (unpaired) electrons. The van der Waals surface area contributed by atoms with Gasteiger partial charge in [-0.25, -0.2) is 17.6 Å². The topological polar surface area (TPSA) is 140 Å². The summed E-state index contributed by atoms with van der Waals surface area (Å²) in [6.07, 6.45) is 6.39. The Bertz CT molecular complexity index is 2730. The van der Waals surface area contributed by atoms with E-state index >= 15 is 8.78 Å². The van der Waals surface area contributed by atoms with Crippen LogP contribution in [0.5, 0.6) is 11.5 Å². The van der Waals surface area contributed by atoms with Gasteiger partial charge in [0.2, 0.25) is 0 Å². The maximum absolute atomic E-state index is 15.1. The van der Waals surface area contributed by atoms with E-state index in [1.54, 1.807) is 24.3 Å². The predicted octanol–water partition coefficient (Wildman–Crippen LogP) is 13.7. The van der Waals surface area contributed by atoms with E-state index < -0.39 is 35.8 Å². The standard InChI is InChI=1S/C29H34Cl2F2N2O2.C28H32Cl2F2N2O2.2CH2O2/c1-18(20-11-21(30)13-22(31)12-20)34-9-6-29(2,7-10-34)17-37-27-15-26(33)25(14-24(27)19-3-4-19)28(36)35-8-5-23(32)16-35;1-28(5-8-33(9-6-28)15-18-10-20(29)12-21(30)11-18)17-36-26-14-25(32)24(13-23(26)19-2-3-19)27(35)34-7-4-22(31)16-34;2*2-1-3/h11-15,18-19,23H,3-10,16-17H2,1-2H3;10-14,19,22H,2-9,15-17H2,1H3;2*1H,(H,2,3). The first kappa shape index (κ1) is 61.8. The lowest BCUT2D eigenvalue weighted by molar-refractivity contribution is -0.123. The number of alkyl halides is 2. The van der Waals surface area contributed by atoms with Crippen LogP contribution in [0.25, 0.3) is 0 Å². The highest BCUT2D eigenvalue weighted by molar-refractivity contribution is 6.35. The molecule has 12 nitrogen and oxygen atoms in total. The zero-order valence-corrected chi connectivity index (χ0v) is 47.8. The zero-order chi connectivity index (χ0) is 57.2. The highest BCUT2D eigenvalue weighted by Gasteiger charge is 2.38. The van der Waals surface area contributed by atoms with Gasteiger partial charge in [0, 0.05) is 68.7 Å². The van der Waals surface area contributed by atoms with Crippen LogP contribution >= 0.6 is 46.4 Å². The zero-order valence-electron chi connectivity index (χ0n) is 44.8. The van der Waals surface area contributed by atoms with Gasteiger partial charge in [-0.1, -0.05) is 60.3 Å². The average molecular weight is 1180 g/mol. The van der Waals surface area contributed by atoms with Gasteiger partial charge in [-0.15, -0.1) is 0 Å². The molecule has 4 heterocycles. The number of rotatable bonds is 14. The molecule has 4 saturated heterocycles. The smallest absolute Gasteiger partial charge is 0.290 e. The molecule has 2 aliphatic carbocycles. The highest BCUT2D eigenvalue weighted by atomic mass is 35.5. The van der Waals surface area contributed by atoms with E-state index in [1.165, 1.54) is 21.9 Å². The lowest BCUT2D eigenvalue weighted by Crippen LogP contribution is -2.42. The summed E-state index contributed by atoms with van der Waals surface area (Å²) in [5.41, 5.74) is 3.98. The summed E-state index contributed by atoms with van der Waals surface area (Å²) in [7, 11) is 0. The molecule has 4 aromatic rings. The van der Waals surface area contributed by atoms with Crippen molar-refractivity contribution in [3.05, 3.63) is 126 Å². The number of hydrogen-bond donors (Lipinski definition) is 2. The van der Waals surface area contributed by atoms with Gasteiger partial charge in [-0.05, 0) is 180 Å². The van der Waals surface area contributed by atoms with Crippen molar-refractivity contribution in [1.29, 1.82) is 0 Å². The largest absolute Gasteiger partial charge is 0.493 e. The summed E-state index contributed by atoms with van der Waals surface area (Å²) in [5, 5.41) is 16.4. The van der Waals surface area contributed by atoms with Crippen LogP contribution in [0.15, 0.2) is 60.7 Å². The van der Waals surface area contributed by atoms with Gasteiger partial charge in [0.25, 0.3) is 24.8 Å². The van der Waals surface area contributed by atoms with Crippen molar-refractivity contribution in [2.45, 2.75) is 122 Å². The van der Waals surface area contributed by atoms with Crippen LogP contribution < -0.4 is 9.47 Å². The van der Waals surface area contributed by atoms with E-state index in [0.29, 0.717) is 76.7 Å². The summed E-state index contributed by atoms with van der Waals surface area (Å²) >= 11 is 24.7. The molecule has 3 atom stereocenters. The van der Waals surface area contributed by atoms with Gasteiger partial charge in [0.1, 0.15) is 35.5 Å². The molecule has 2 saturated carbocycles. The second-order valence-electron chi connectivity index (χ2n) is 22.4. The maximum atomic E-state index is 15.1. The van der Waals surface area contributed by atoms with Gasteiger partial charge in [-0.2, -0.15) is 0 Å². The first-order valence-corrected chi connectivity index (χ1v) is 28.5. The molecule has 2 N–H and O–H groups in total. The van der Waals surface area contributed by atoms with Crippen LogP contribution in [0.2, 0.25) is 20.1 Å². The van der Waals surface area contributed by atoms with Crippen molar-refractivity contribution >= 4 is 71.2 Å². The number of hydrogen-bond acceptors (Lipinski definition) is 8. The Labute approximate surface area is 480 Å². The maximum Gasteiger partial charge on any atom is 0.290 e. The van der Waals surface area contributed by atoms with E-state index in [0.717, 1.165) is 106 Å². The molecule has 0 aromatic heterocycles. The second kappa shape index (κ2) is 27.8. The number of likely N-dealkylation sites (tertiary alicyclic amines) is 4. The monoisotopic (exact) mass is 1180 g/mol. The third kappa shape index (κ3) is 17.1. The molecule has 6 aliphatic rings. The number of carbonyl (C=O) groups excluding carboxylic acids is 2. The lowest BCUT2D eigenvalue weighted by Gasteiger charge is -2.42. The number of ether oxygens (including phenoxy) is 2. The van der Waals surface area contributed by atoms with Crippen LogP contribution in [-0.2, 0) is 16.1 Å². The number of carbonyl (C=O) groups is 4. The Morgan fingerprint density at radius 2 is 0.987 bits per heavy atom. The summed E-state index contributed by atoms with van der Waals surface area (Å²) in [6.45, 7) is 12.3. The predicted molar refractivity (Wildman–Crippen MR) is 299 cm³/mol. The first-order valence-electron chi connectivity index (χ1n) is 27.0. The Morgan fingerprint density at radius 3 is 1.35 bits per heavy atom. The first-order chi connectivity index (χ1) is 37.6. The summed E-state index contributed by atoms with van der Waals surface area (Å²) < 4.78 is 69.8. The minimum absolute atomic E-state index is 0.0259. The number of amides is 2. The van der Waals surface area contributed by atoms with Crippen molar-refractivity contribution in [3.8, 4) is 11.5 Å². The molecular weight excluding hydrogens is 1110 g/mol. The summed E-state index contributed by atoms with van der Waals surface area (Å²) in [6, 6.07) is 17.6. The van der Waals surface area contributed by atoms with Crippen LogP contribution in [0.1, 0.15) is 146 Å². The van der Waals surface area contributed by atoms with Crippen molar-refractivity contribution in [3.63, 3.8) is 0 Å². The van der Waals surface area contributed by atoms with E-state index in [1.807, 2.05) is 24.3 Å². The highest BCUT2D eigenvalue weighted by Crippen LogP contribution is 2.48. The van der Waals surface area contributed by atoms with Crippen molar-refractivity contribution in [2.24, 2.45) is 10.8 Å². The van der Waals surface area contributed by atoms with Crippen molar-refractivity contribution in [2.75, 3.05) is 65.6 Å². The molecule has 6 fully saturated rings. The molecular formula is C59H70Cl4F4N4O8. The minimum atomic E-state index is -1.03. The third-order valence-electron chi connectivity index (χ3n) is 16.0. The molecule has 2 amide bonds. The van der Waals surface area contributed by atoms with Crippen molar-refractivity contribution in [1.82, 2.24) is 19.6 Å². The molecule has 3 unspecified atom stereocenters. The van der Waals surface area contributed by atoms with Crippen LogP contribution in [0.3, 0.4) is 0 Å². The van der Waals surface area contributed by atoms with Gasteiger partial charge >= 0.3 is 0 Å². The number of nitrogens with zero attached hydrogens (tertiary/aromatic N) is 4. The average Bonchev–Trinajstić information content (AvgIpc) is 4.35. The van der Waals surface area contributed by atoms with Gasteiger partial charge < -0.3 is 29.5 Å². The molecule has 20 heteroatoms. The normalized spacial score (nSPS) is 21.1. The summed E-state index contributed by atoms with van der Waals surface area (Å²) in [4.78, 5) is 50.1. The van der Waals surface area contributed by atoms with Gasteiger partial charge in [0.05, 0.1) is 37.4 Å². The van der Waals surface area contributed by atoms with E-state index in [2.05, 4.69) is 30.6 Å². The van der Waals surface area contributed by atoms with Crippen LogP contribution in [0, 0.1) is 22.5 Å². The number of piperidine rings is 2. The van der Waals surface area contributed by atoms with Crippen LogP contribution in [-0.4, -0.2) is 132 Å². The Morgan fingerprint density at radius 1 is 0.608 bits per heavy atom. The fourth-order valence-corrected chi connectivity index (χ4v) is 11.9. The molecule has 79 heavy (non-hydrogen) atoms. The van der Waals surface area contributed by atoms with Gasteiger partial charge in [-0.3, -0.25) is 29.0 Å². The molecule has 10 rings (SSSR count). The molecule has 430 valence electrons.